The smallest absolute Gasteiger partial charge is 0.159 e. The summed E-state index contributed by atoms with van der Waals surface area (Å²) in [7, 11) is 0. The number of hydrogen-bond acceptors (Lipinski definition) is 1. The van der Waals surface area contributed by atoms with Gasteiger partial charge in [-0.25, -0.2) is 0 Å². The number of rotatable bonds is 2. The van der Waals surface area contributed by atoms with E-state index in [1.807, 2.05) is 18.2 Å². The fraction of sp³-hybridized carbons (Fsp3) is 0.250. The van der Waals surface area contributed by atoms with Crippen LogP contribution in [0.4, 0.5) is 0 Å². The average molecular weight is 172 g/mol. The highest BCUT2D eigenvalue weighted by Crippen LogP contribution is 2.30. The van der Waals surface area contributed by atoms with E-state index in [4.69, 9.17) is 0 Å². The second kappa shape index (κ2) is 3.17. The molecule has 0 aromatic rings. The van der Waals surface area contributed by atoms with E-state index >= 15 is 0 Å². The number of carbonyl (C=O) groups excluding carboxylic acids is 1. The van der Waals surface area contributed by atoms with Gasteiger partial charge in [-0.05, 0) is 18.9 Å². The third-order valence-electron chi connectivity index (χ3n) is 2.50. The van der Waals surface area contributed by atoms with Gasteiger partial charge in [-0.2, -0.15) is 0 Å². The Hall–Kier alpha value is -1.37. The molecule has 0 fully saturated rings. The zero-order valence-electron chi connectivity index (χ0n) is 7.66. The highest BCUT2D eigenvalue weighted by Gasteiger charge is 2.18. The molecule has 1 nitrogen and oxygen atoms in total. The fourth-order valence-corrected chi connectivity index (χ4v) is 1.84. The Morgan fingerprint density at radius 2 is 2.08 bits per heavy atom. The van der Waals surface area contributed by atoms with Crippen molar-refractivity contribution in [2.75, 3.05) is 0 Å². The van der Waals surface area contributed by atoms with Crippen molar-refractivity contribution < 1.29 is 4.79 Å². The van der Waals surface area contributed by atoms with Gasteiger partial charge in [0.05, 0.1) is 0 Å². The predicted octanol–water partition coefficient (Wildman–Crippen LogP) is 2.57. The lowest BCUT2D eigenvalue weighted by molar-refractivity contribution is -0.113. The molecule has 0 radical (unpaired) electrons. The summed E-state index contributed by atoms with van der Waals surface area (Å²) in [6.07, 6.45) is 13.3. The molecule has 2 rings (SSSR count). The fourth-order valence-electron chi connectivity index (χ4n) is 1.84. The SMILES string of the molecule is CC(=O)C1=C(C2C=CC=C2)CC=C1. The zero-order valence-corrected chi connectivity index (χ0v) is 7.66. The maximum atomic E-state index is 11.3. The lowest BCUT2D eigenvalue weighted by atomic mass is 9.95. The molecule has 0 atom stereocenters. The summed E-state index contributed by atoms with van der Waals surface area (Å²) in [5.74, 6) is 0.534. The van der Waals surface area contributed by atoms with Crippen molar-refractivity contribution >= 4 is 5.78 Å². The van der Waals surface area contributed by atoms with E-state index in [0.717, 1.165) is 12.0 Å². The third-order valence-corrected chi connectivity index (χ3v) is 2.50. The second-order valence-corrected chi connectivity index (χ2v) is 3.40. The van der Waals surface area contributed by atoms with Gasteiger partial charge >= 0.3 is 0 Å². The molecule has 2 aliphatic rings. The Labute approximate surface area is 78.1 Å². The highest BCUT2D eigenvalue weighted by atomic mass is 16.1. The molecule has 0 unspecified atom stereocenters. The summed E-state index contributed by atoms with van der Waals surface area (Å²) >= 11 is 0. The molecule has 0 saturated heterocycles. The Balaban J connectivity index is 2.32. The summed E-state index contributed by atoms with van der Waals surface area (Å²) in [6, 6.07) is 0. The van der Waals surface area contributed by atoms with E-state index < -0.39 is 0 Å². The summed E-state index contributed by atoms with van der Waals surface area (Å²) in [5, 5.41) is 0. The molecule has 0 heterocycles. The minimum atomic E-state index is 0.178. The number of Topliss-reactive ketones (excluding diaryl/α,β-unsaturated/α-hetero) is 1. The lowest BCUT2D eigenvalue weighted by Gasteiger charge is -2.08. The molecule has 0 bridgehead atoms. The topological polar surface area (TPSA) is 17.1 Å². The van der Waals surface area contributed by atoms with Crippen LogP contribution in [-0.2, 0) is 4.79 Å². The van der Waals surface area contributed by atoms with Crippen molar-refractivity contribution in [1.29, 1.82) is 0 Å². The summed E-state index contributed by atoms with van der Waals surface area (Å²) < 4.78 is 0. The number of hydrogen-bond donors (Lipinski definition) is 0. The van der Waals surface area contributed by atoms with E-state index in [1.54, 1.807) is 6.92 Å². The van der Waals surface area contributed by atoms with Crippen LogP contribution < -0.4 is 0 Å². The molecule has 0 aliphatic heterocycles. The van der Waals surface area contributed by atoms with Crippen molar-refractivity contribution in [2.24, 2.45) is 5.92 Å². The maximum Gasteiger partial charge on any atom is 0.159 e. The molecular weight excluding hydrogens is 160 g/mol. The molecule has 1 heteroatoms. The van der Waals surface area contributed by atoms with Crippen molar-refractivity contribution in [3.63, 3.8) is 0 Å². The van der Waals surface area contributed by atoms with Gasteiger partial charge in [-0.1, -0.05) is 36.5 Å². The van der Waals surface area contributed by atoms with Gasteiger partial charge in [0.1, 0.15) is 0 Å². The van der Waals surface area contributed by atoms with Gasteiger partial charge in [0.25, 0.3) is 0 Å². The van der Waals surface area contributed by atoms with E-state index in [9.17, 15) is 4.79 Å². The molecule has 0 aromatic carbocycles. The van der Waals surface area contributed by atoms with E-state index in [1.165, 1.54) is 5.57 Å². The monoisotopic (exact) mass is 172 g/mol. The van der Waals surface area contributed by atoms with Gasteiger partial charge in [0, 0.05) is 11.5 Å². The van der Waals surface area contributed by atoms with E-state index in [0.29, 0.717) is 5.92 Å². The van der Waals surface area contributed by atoms with Crippen molar-refractivity contribution in [2.45, 2.75) is 13.3 Å². The molecule has 0 aromatic heterocycles. The predicted molar refractivity (Wildman–Crippen MR) is 53.2 cm³/mol. The molecule has 0 amide bonds. The largest absolute Gasteiger partial charge is 0.295 e. The quantitative estimate of drug-likeness (QED) is 0.625. The van der Waals surface area contributed by atoms with Crippen molar-refractivity contribution in [1.82, 2.24) is 0 Å². The van der Waals surface area contributed by atoms with Crippen LogP contribution in [0.5, 0.6) is 0 Å². The molecule has 66 valence electrons. The van der Waals surface area contributed by atoms with Gasteiger partial charge in [-0.3, -0.25) is 4.79 Å². The Morgan fingerprint density at radius 3 is 2.69 bits per heavy atom. The van der Waals surface area contributed by atoms with Gasteiger partial charge in [-0.15, -0.1) is 0 Å². The first-order valence-electron chi connectivity index (χ1n) is 4.54. The standard InChI is InChI=1S/C12H12O/c1-9(13)11-7-4-8-12(11)10-5-2-3-6-10/h2-7,10H,8H2,1H3. The molecule has 2 aliphatic carbocycles. The Bertz CT molecular complexity index is 341. The first kappa shape index (κ1) is 8.24. The Morgan fingerprint density at radius 1 is 1.38 bits per heavy atom. The average Bonchev–Trinajstić information content (AvgIpc) is 2.74. The lowest BCUT2D eigenvalue weighted by Crippen LogP contribution is -2.01. The van der Waals surface area contributed by atoms with Crippen LogP contribution in [-0.4, -0.2) is 5.78 Å². The Kier molecular flexibility index (Phi) is 2.01. The minimum absolute atomic E-state index is 0.178. The van der Waals surface area contributed by atoms with Crippen molar-refractivity contribution in [3.05, 3.63) is 47.6 Å². The summed E-state index contributed by atoms with van der Waals surface area (Å²) in [6.45, 7) is 1.63. The molecule has 0 spiro atoms. The number of ketones is 1. The molecular formula is C12H12O. The molecule has 0 N–H and O–H groups in total. The minimum Gasteiger partial charge on any atom is -0.295 e. The van der Waals surface area contributed by atoms with Crippen LogP contribution in [0, 0.1) is 5.92 Å². The second-order valence-electron chi connectivity index (χ2n) is 3.40. The zero-order chi connectivity index (χ0) is 9.26. The van der Waals surface area contributed by atoms with E-state index in [2.05, 4.69) is 18.2 Å². The normalized spacial score (nSPS) is 20.7. The van der Waals surface area contributed by atoms with Crippen LogP contribution >= 0.6 is 0 Å². The van der Waals surface area contributed by atoms with Crippen LogP contribution in [0.3, 0.4) is 0 Å². The van der Waals surface area contributed by atoms with Gasteiger partial charge < -0.3 is 0 Å². The number of allylic oxidation sites excluding steroid dienone is 8. The van der Waals surface area contributed by atoms with Gasteiger partial charge in [0.15, 0.2) is 5.78 Å². The first-order valence-corrected chi connectivity index (χ1v) is 4.54. The molecule has 0 saturated carbocycles. The van der Waals surface area contributed by atoms with Crippen LogP contribution in [0.2, 0.25) is 0 Å². The van der Waals surface area contributed by atoms with Crippen LogP contribution in [0.25, 0.3) is 0 Å². The number of carbonyl (C=O) groups is 1. The van der Waals surface area contributed by atoms with E-state index in [-0.39, 0.29) is 5.78 Å². The summed E-state index contributed by atoms with van der Waals surface area (Å²) in [5.41, 5.74) is 2.15. The first-order chi connectivity index (χ1) is 6.29. The van der Waals surface area contributed by atoms with Crippen LogP contribution in [0.15, 0.2) is 47.6 Å². The van der Waals surface area contributed by atoms with Crippen LogP contribution in [0.1, 0.15) is 13.3 Å². The molecule has 13 heavy (non-hydrogen) atoms. The van der Waals surface area contributed by atoms with Gasteiger partial charge in [0.2, 0.25) is 0 Å². The maximum absolute atomic E-state index is 11.3. The highest BCUT2D eigenvalue weighted by molar-refractivity contribution is 5.97. The summed E-state index contributed by atoms with van der Waals surface area (Å²) in [4.78, 5) is 11.3. The van der Waals surface area contributed by atoms with Crippen molar-refractivity contribution in [3.8, 4) is 0 Å². The third kappa shape index (κ3) is 1.42.